The molecule has 2 aliphatic heterocycles. The molecule has 2 aromatic carbocycles. The van der Waals surface area contributed by atoms with Gasteiger partial charge in [0.1, 0.15) is 0 Å². The van der Waals surface area contributed by atoms with Crippen LogP contribution in [0.3, 0.4) is 0 Å². The van der Waals surface area contributed by atoms with Crippen LogP contribution in [-0.2, 0) is 6.42 Å². The first-order valence-electron chi connectivity index (χ1n) is 13.1. The number of hydrogen-bond donors (Lipinski definition) is 1. The summed E-state index contributed by atoms with van der Waals surface area (Å²) < 4.78 is 0. The van der Waals surface area contributed by atoms with Crippen molar-refractivity contribution >= 4 is 40.0 Å². The Balaban J connectivity index is 1.06. The van der Waals surface area contributed by atoms with Crippen LogP contribution in [0.2, 0.25) is 10.0 Å². The molecule has 0 bridgehead atoms. The van der Waals surface area contributed by atoms with E-state index in [1.54, 1.807) is 6.20 Å². The third kappa shape index (κ3) is 6.38. The first-order valence-corrected chi connectivity index (χ1v) is 13.8. The predicted molar refractivity (Wildman–Crippen MR) is 148 cm³/mol. The number of carbonyl (C=O) groups is 1. The maximum Gasteiger partial charge on any atom is 0.251 e. The van der Waals surface area contributed by atoms with Crippen molar-refractivity contribution in [2.24, 2.45) is 5.92 Å². The number of nitrogens with zero attached hydrogens (tertiary/aromatic N) is 3. The molecule has 5 nitrogen and oxygen atoms in total. The molecule has 1 amide bonds. The zero-order chi connectivity index (χ0) is 24.9. The molecule has 3 heterocycles. The van der Waals surface area contributed by atoms with Crippen molar-refractivity contribution in [3.63, 3.8) is 0 Å². The highest BCUT2D eigenvalue weighted by Gasteiger charge is 2.29. The van der Waals surface area contributed by atoms with Crippen LogP contribution in [0.4, 0.5) is 0 Å². The maximum atomic E-state index is 12.8. The van der Waals surface area contributed by atoms with Gasteiger partial charge >= 0.3 is 0 Å². The standard InChI is InChI=1S/C29H34Cl2N4O/c30-26-7-5-21(17-27(26)31)9-14-34-15-10-25(11-16-34)35-13-2-3-22(20-35)19-33-29(36)24-6-8-28-23(18-24)4-1-12-32-28/h1,4-8,12,17-18,22,25H,2-3,9-11,13-16,19-20H2,(H,33,36). The number of piperidine rings is 2. The second kappa shape index (κ2) is 11.9. The van der Waals surface area contributed by atoms with Crippen LogP contribution < -0.4 is 5.32 Å². The molecule has 1 N–H and O–H groups in total. The van der Waals surface area contributed by atoms with E-state index in [2.05, 4.69) is 26.2 Å². The lowest BCUT2D eigenvalue weighted by Gasteiger charge is -2.42. The molecule has 0 saturated carbocycles. The SMILES string of the molecule is O=C(NCC1CCCN(C2CCN(CCc3ccc(Cl)c(Cl)c3)CC2)C1)c1ccc2ncccc2c1. The number of rotatable bonds is 7. The lowest BCUT2D eigenvalue weighted by Crippen LogP contribution is -2.50. The van der Waals surface area contributed by atoms with Crippen LogP contribution in [-0.4, -0.2) is 66.0 Å². The number of nitrogens with one attached hydrogen (secondary N) is 1. The number of likely N-dealkylation sites (tertiary alicyclic amines) is 2. The second-order valence-electron chi connectivity index (χ2n) is 10.2. The zero-order valence-electron chi connectivity index (χ0n) is 20.6. The van der Waals surface area contributed by atoms with Crippen molar-refractivity contribution < 1.29 is 4.79 Å². The molecule has 5 rings (SSSR count). The highest BCUT2D eigenvalue weighted by atomic mass is 35.5. The van der Waals surface area contributed by atoms with Crippen molar-refractivity contribution in [1.82, 2.24) is 20.1 Å². The summed E-state index contributed by atoms with van der Waals surface area (Å²) in [7, 11) is 0. The lowest BCUT2D eigenvalue weighted by molar-refractivity contribution is 0.0697. The molecule has 1 aromatic heterocycles. The Morgan fingerprint density at radius 1 is 1.00 bits per heavy atom. The molecule has 1 atom stereocenters. The topological polar surface area (TPSA) is 48.5 Å². The number of benzene rings is 2. The lowest BCUT2D eigenvalue weighted by atomic mass is 9.93. The van der Waals surface area contributed by atoms with Crippen molar-refractivity contribution in [2.75, 3.05) is 39.3 Å². The second-order valence-corrected chi connectivity index (χ2v) is 11.0. The molecular weight excluding hydrogens is 491 g/mol. The molecule has 0 aliphatic carbocycles. The Hall–Kier alpha value is -2.18. The van der Waals surface area contributed by atoms with Crippen molar-refractivity contribution in [3.05, 3.63) is 75.9 Å². The number of hydrogen-bond acceptors (Lipinski definition) is 4. The van der Waals surface area contributed by atoms with Gasteiger partial charge in [0.2, 0.25) is 0 Å². The number of aromatic nitrogens is 1. The van der Waals surface area contributed by atoms with E-state index < -0.39 is 0 Å². The Labute approximate surface area is 223 Å². The normalized spacial score (nSPS) is 20.0. The summed E-state index contributed by atoms with van der Waals surface area (Å²) in [5.41, 5.74) is 2.86. The number of carbonyl (C=O) groups excluding carboxylic acids is 1. The molecule has 2 fully saturated rings. The molecule has 1 unspecified atom stereocenters. The van der Waals surface area contributed by atoms with E-state index in [9.17, 15) is 4.79 Å². The predicted octanol–water partition coefficient (Wildman–Crippen LogP) is 5.69. The first kappa shape index (κ1) is 25.5. The molecule has 190 valence electrons. The molecule has 7 heteroatoms. The summed E-state index contributed by atoms with van der Waals surface area (Å²) in [4.78, 5) is 22.4. The fourth-order valence-corrected chi connectivity index (χ4v) is 5.96. The first-order chi connectivity index (χ1) is 17.5. The summed E-state index contributed by atoms with van der Waals surface area (Å²) in [5, 5.41) is 5.44. The van der Waals surface area contributed by atoms with Crippen molar-refractivity contribution in [3.8, 4) is 0 Å². The number of pyridine rings is 1. The number of halogens is 2. The van der Waals surface area contributed by atoms with Crippen LogP contribution in [0.1, 0.15) is 41.6 Å². The van der Waals surface area contributed by atoms with Crippen molar-refractivity contribution in [2.45, 2.75) is 38.1 Å². The molecular formula is C29H34Cl2N4O. The van der Waals surface area contributed by atoms with Gasteiger partial charge in [-0.15, -0.1) is 0 Å². The average molecular weight is 526 g/mol. The third-order valence-corrected chi connectivity index (χ3v) is 8.48. The largest absolute Gasteiger partial charge is 0.352 e. The molecule has 3 aromatic rings. The molecule has 36 heavy (non-hydrogen) atoms. The maximum absolute atomic E-state index is 12.8. The minimum absolute atomic E-state index is 0.00756. The van der Waals surface area contributed by atoms with Gasteiger partial charge in [-0.1, -0.05) is 35.3 Å². The van der Waals surface area contributed by atoms with Gasteiger partial charge in [-0.3, -0.25) is 14.7 Å². The molecule has 2 saturated heterocycles. The van der Waals surface area contributed by atoms with Gasteiger partial charge in [-0.25, -0.2) is 0 Å². The van der Waals surface area contributed by atoms with E-state index in [-0.39, 0.29) is 5.91 Å². The van der Waals surface area contributed by atoms with Crippen LogP contribution in [0.25, 0.3) is 10.9 Å². The smallest absolute Gasteiger partial charge is 0.251 e. The Kier molecular flexibility index (Phi) is 8.43. The Bertz CT molecular complexity index is 1190. The monoisotopic (exact) mass is 524 g/mol. The van der Waals surface area contributed by atoms with Crippen LogP contribution in [0.15, 0.2) is 54.7 Å². The van der Waals surface area contributed by atoms with Gasteiger partial charge in [-0.05, 0) is 99.6 Å². The van der Waals surface area contributed by atoms with Gasteiger partial charge in [0, 0.05) is 42.8 Å². The minimum atomic E-state index is 0.00756. The Morgan fingerprint density at radius 3 is 2.69 bits per heavy atom. The molecule has 0 radical (unpaired) electrons. The summed E-state index contributed by atoms with van der Waals surface area (Å²) in [6, 6.07) is 16.2. The van der Waals surface area contributed by atoms with E-state index in [4.69, 9.17) is 23.2 Å². The van der Waals surface area contributed by atoms with Gasteiger partial charge in [0.15, 0.2) is 0 Å². The zero-order valence-corrected chi connectivity index (χ0v) is 22.1. The Morgan fingerprint density at radius 2 is 1.86 bits per heavy atom. The summed E-state index contributed by atoms with van der Waals surface area (Å²) in [6.07, 6.45) is 7.59. The fourth-order valence-electron chi connectivity index (χ4n) is 5.64. The highest BCUT2D eigenvalue weighted by molar-refractivity contribution is 6.42. The van der Waals surface area contributed by atoms with Gasteiger partial charge in [-0.2, -0.15) is 0 Å². The third-order valence-electron chi connectivity index (χ3n) is 7.74. The van der Waals surface area contributed by atoms with Gasteiger partial charge in [0.25, 0.3) is 5.91 Å². The summed E-state index contributed by atoms with van der Waals surface area (Å²) >= 11 is 12.2. The van der Waals surface area contributed by atoms with Crippen LogP contribution in [0, 0.1) is 5.92 Å². The number of amides is 1. The highest BCUT2D eigenvalue weighted by Crippen LogP contribution is 2.25. The van der Waals surface area contributed by atoms with E-state index in [1.165, 1.54) is 37.8 Å². The number of fused-ring (bicyclic) bond motifs is 1. The quantitative estimate of drug-likeness (QED) is 0.431. The fraction of sp³-hybridized carbons (Fsp3) is 0.448. The minimum Gasteiger partial charge on any atom is -0.352 e. The van der Waals surface area contributed by atoms with Gasteiger partial charge < -0.3 is 10.2 Å². The van der Waals surface area contributed by atoms with E-state index in [0.29, 0.717) is 27.6 Å². The summed E-state index contributed by atoms with van der Waals surface area (Å²) in [5.74, 6) is 0.519. The molecule has 0 spiro atoms. The average Bonchev–Trinajstić information content (AvgIpc) is 2.92. The van der Waals surface area contributed by atoms with E-state index in [0.717, 1.165) is 50.0 Å². The van der Waals surface area contributed by atoms with Crippen LogP contribution in [0.5, 0.6) is 0 Å². The van der Waals surface area contributed by atoms with E-state index in [1.807, 2.05) is 42.5 Å². The van der Waals surface area contributed by atoms with Crippen LogP contribution >= 0.6 is 23.2 Å². The van der Waals surface area contributed by atoms with Crippen molar-refractivity contribution in [1.29, 1.82) is 0 Å². The molecule has 2 aliphatic rings. The summed E-state index contributed by atoms with van der Waals surface area (Å²) in [6.45, 7) is 6.33. The van der Waals surface area contributed by atoms with Gasteiger partial charge in [0.05, 0.1) is 15.6 Å². The van der Waals surface area contributed by atoms with E-state index >= 15 is 0 Å².